The number of anilines is 1. The Bertz CT molecular complexity index is 1090. The minimum atomic E-state index is -3.22. The van der Waals surface area contributed by atoms with Gasteiger partial charge in [0.05, 0.1) is 18.5 Å². The number of carbonyl (C=O) groups excluding carboxylic acids is 1. The van der Waals surface area contributed by atoms with E-state index in [2.05, 4.69) is 11.2 Å². The number of fused-ring (bicyclic) bond motifs is 1. The summed E-state index contributed by atoms with van der Waals surface area (Å²) in [4.78, 5) is 19.5. The topological polar surface area (TPSA) is 88.4 Å². The number of carbonyl (C=O) groups is 1. The first-order valence-electron chi connectivity index (χ1n) is 10.4. The average Bonchev–Trinajstić information content (AvgIpc) is 2.95. The number of aromatic nitrogens is 3. The van der Waals surface area contributed by atoms with Crippen LogP contribution in [0.5, 0.6) is 0 Å². The third-order valence-electron chi connectivity index (χ3n) is 6.39. The molecule has 2 aromatic rings. The number of sulfonamides is 1. The van der Waals surface area contributed by atoms with Gasteiger partial charge in [0.1, 0.15) is 5.82 Å². The van der Waals surface area contributed by atoms with Crippen LogP contribution in [0.1, 0.15) is 53.4 Å². The number of aryl methyl sites for hydroxylation is 3. The molecule has 8 nitrogen and oxygen atoms in total. The van der Waals surface area contributed by atoms with Gasteiger partial charge in [-0.15, -0.1) is 0 Å². The zero-order valence-corrected chi connectivity index (χ0v) is 18.9. The van der Waals surface area contributed by atoms with E-state index >= 15 is 0 Å². The predicted molar refractivity (Wildman–Crippen MR) is 115 cm³/mol. The van der Waals surface area contributed by atoms with E-state index in [-0.39, 0.29) is 11.8 Å². The lowest BCUT2D eigenvalue weighted by atomic mass is 9.94. The Morgan fingerprint density at radius 3 is 2.63 bits per heavy atom. The second-order valence-electron chi connectivity index (χ2n) is 8.43. The number of hydrogen-bond donors (Lipinski definition) is 0. The molecule has 4 rings (SSSR count). The van der Waals surface area contributed by atoms with E-state index in [0.717, 1.165) is 41.1 Å². The highest BCUT2D eigenvalue weighted by Crippen LogP contribution is 2.33. The summed E-state index contributed by atoms with van der Waals surface area (Å²) in [5.74, 6) is 0.818. The molecular formula is C21H29N5O3S. The van der Waals surface area contributed by atoms with Gasteiger partial charge in [-0.2, -0.15) is 5.10 Å². The summed E-state index contributed by atoms with van der Waals surface area (Å²) in [6, 6.07) is 4.06. The number of nitrogens with zero attached hydrogens (tertiary/aromatic N) is 5. The molecule has 1 unspecified atom stereocenters. The van der Waals surface area contributed by atoms with E-state index in [1.807, 2.05) is 31.6 Å². The molecule has 2 aromatic heterocycles. The van der Waals surface area contributed by atoms with Crippen LogP contribution in [-0.4, -0.2) is 52.7 Å². The number of hydrogen-bond acceptors (Lipinski definition) is 5. The standard InChI is InChI=1S/C21H29N5O3S/c1-14-18(15(2)24(3)23-14)13-26-20(27)10-8-16-7-9-19(22-21(16)26)17-6-5-11-25(12-17)30(4,28)29/h7,9,17H,5-6,8,10-13H2,1-4H3. The molecule has 4 heterocycles. The van der Waals surface area contributed by atoms with Crippen LogP contribution in [0.4, 0.5) is 5.82 Å². The Hall–Kier alpha value is -2.26. The van der Waals surface area contributed by atoms with Crippen LogP contribution in [-0.2, 0) is 34.8 Å². The van der Waals surface area contributed by atoms with Crippen molar-refractivity contribution in [3.05, 3.63) is 40.3 Å². The molecule has 0 N–H and O–H groups in total. The van der Waals surface area contributed by atoms with Crippen LogP contribution in [0.15, 0.2) is 12.1 Å². The second kappa shape index (κ2) is 7.77. The van der Waals surface area contributed by atoms with Gasteiger partial charge in [0.25, 0.3) is 0 Å². The SMILES string of the molecule is Cc1nn(C)c(C)c1CN1C(=O)CCc2ccc(C3CCCN(S(C)(=O)=O)C3)nc21. The van der Waals surface area contributed by atoms with Crippen LogP contribution < -0.4 is 4.90 Å². The predicted octanol–water partition coefficient (Wildman–Crippen LogP) is 2.05. The molecule has 0 radical (unpaired) electrons. The van der Waals surface area contributed by atoms with E-state index in [4.69, 9.17) is 4.98 Å². The van der Waals surface area contributed by atoms with Gasteiger partial charge in [0, 0.05) is 49.4 Å². The quantitative estimate of drug-likeness (QED) is 0.739. The lowest BCUT2D eigenvalue weighted by molar-refractivity contribution is -0.119. The Balaban J connectivity index is 1.66. The highest BCUT2D eigenvalue weighted by Gasteiger charge is 2.31. The van der Waals surface area contributed by atoms with Gasteiger partial charge in [0.2, 0.25) is 15.9 Å². The summed E-state index contributed by atoms with van der Waals surface area (Å²) in [5, 5.41) is 4.48. The molecule has 0 aromatic carbocycles. The van der Waals surface area contributed by atoms with Crippen LogP contribution in [0.2, 0.25) is 0 Å². The van der Waals surface area contributed by atoms with Crippen LogP contribution >= 0.6 is 0 Å². The molecule has 0 spiro atoms. The Morgan fingerprint density at radius 1 is 1.20 bits per heavy atom. The van der Waals surface area contributed by atoms with Crippen LogP contribution in [0.3, 0.4) is 0 Å². The Kier molecular flexibility index (Phi) is 5.44. The first-order valence-corrected chi connectivity index (χ1v) is 12.2. The van der Waals surface area contributed by atoms with Crippen molar-refractivity contribution < 1.29 is 13.2 Å². The van der Waals surface area contributed by atoms with Gasteiger partial charge in [-0.3, -0.25) is 14.4 Å². The zero-order valence-electron chi connectivity index (χ0n) is 18.1. The maximum absolute atomic E-state index is 12.8. The molecular weight excluding hydrogens is 402 g/mol. The second-order valence-corrected chi connectivity index (χ2v) is 10.4. The summed E-state index contributed by atoms with van der Waals surface area (Å²) in [6.45, 7) is 5.43. The van der Waals surface area contributed by atoms with E-state index < -0.39 is 10.0 Å². The van der Waals surface area contributed by atoms with Crippen molar-refractivity contribution in [3.8, 4) is 0 Å². The molecule has 1 fully saturated rings. The van der Waals surface area contributed by atoms with E-state index in [1.54, 1.807) is 4.90 Å². The first kappa shape index (κ1) is 21.0. The highest BCUT2D eigenvalue weighted by molar-refractivity contribution is 7.88. The smallest absolute Gasteiger partial charge is 0.228 e. The highest BCUT2D eigenvalue weighted by atomic mass is 32.2. The summed E-state index contributed by atoms with van der Waals surface area (Å²) in [7, 11) is -1.31. The van der Waals surface area contributed by atoms with Gasteiger partial charge < -0.3 is 0 Å². The third-order valence-corrected chi connectivity index (χ3v) is 7.66. The lowest BCUT2D eigenvalue weighted by Crippen LogP contribution is -2.39. The zero-order chi connectivity index (χ0) is 21.6. The van der Waals surface area contributed by atoms with Gasteiger partial charge in [-0.1, -0.05) is 6.07 Å². The lowest BCUT2D eigenvalue weighted by Gasteiger charge is -2.33. The number of rotatable bonds is 4. The van der Waals surface area contributed by atoms with Crippen LogP contribution in [0.25, 0.3) is 0 Å². The molecule has 1 atom stereocenters. The van der Waals surface area contributed by atoms with E-state index in [9.17, 15) is 13.2 Å². The number of pyridine rings is 1. The van der Waals surface area contributed by atoms with Crippen molar-refractivity contribution in [2.24, 2.45) is 7.05 Å². The molecule has 0 aliphatic carbocycles. The maximum atomic E-state index is 12.8. The maximum Gasteiger partial charge on any atom is 0.228 e. The summed E-state index contributed by atoms with van der Waals surface area (Å²) >= 11 is 0. The van der Waals surface area contributed by atoms with Gasteiger partial charge in [-0.05, 0) is 44.7 Å². The third kappa shape index (κ3) is 3.88. The van der Waals surface area contributed by atoms with Gasteiger partial charge in [0.15, 0.2) is 0 Å². The van der Waals surface area contributed by atoms with Crippen LogP contribution in [0, 0.1) is 13.8 Å². The van der Waals surface area contributed by atoms with Crippen molar-refractivity contribution >= 4 is 21.7 Å². The monoisotopic (exact) mass is 431 g/mol. The fourth-order valence-corrected chi connectivity index (χ4v) is 5.41. The van der Waals surface area contributed by atoms with Crippen molar-refractivity contribution in [3.63, 3.8) is 0 Å². The number of amides is 1. The van der Waals surface area contributed by atoms with Gasteiger partial charge in [-0.25, -0.2) is 17.7 Å². The number of piperidine rings is 1. The molecule has 162 valence electrons. The molecule has 2 aliphatic rings. The summed E-state index contributed by atoms with van der Waals surface area (Å²) in [6.07, 6.45) is 4.12. The largest absolute Gasteiger partial charge is 0.292 e. The van der Waals surface area contributed by atoms with E-state index in [1.165, 1.54) is 10.6 Å². The molecule has 1 saturated heterocycles. The minimum Gasteiger partial charge on any atom is -0.292 e. The van der Waals surface area contributed by atoms with E-state index in [0.29, 0.717) is 38.3 Å². The average molecular weight is 432 g/mol. The first-order chi connectivity index (χ1) is 14.1. The Morgan fingerprint density at radius 2 is 1.97 bits per heavy atom. The summed E-state index contributed by atoms with van der Waals surface area (Å²) < 4.78 is 27.4. The molecule has 30 heavy (non-hydrogen) atoms. The molecule has 1 amide bonds. The fourth-order valence-electron chi connectivity index (χ4n) is 4.50. The van der Waals surface area contributed by atoms with Crippen molar-refractivity contribution in [1.29, 1.82) is 0 Å². The molecule has 9 heteroatoms. The molecule has 0 saturated carbocycles. The fraction of sp³-hybridized carbons (Fsp3) is 0.571. The Labute approximate surface area is 177 Å². The van der Waals surface area contributed by atoms with Crippen molar-refractivity contribution in [2.75, 3.05) is 24.2 Å². The van der Waals surface area contributed by atoms with Gasteiger partial charge >= 0.3 is 0 Å². The minimum absolute atomic E-state index is 0.0412. The van der Waals surface area contributed by atoms with Crippen molar-refractivity contribution in [1.82, 2.24) is 19.1 Å². The summed E-state index contributed by atoms with van der Waals surface area (Å²) in [5.41, 5.74) is 4.93. The van der Waals surface area contributed by atoms with Crippen molar-refractivity contribution in [2.45, 2.75) is 52.0 Å². The normalized spacial score (nSPS) is 20.5. The molecule has 2 aliphatic heterocycles. The molecule has 0 bridgehead atoms.